The van der Waals surface area contributed by atoms with Gasteiger partial charge in [0.05, 0.1) is 12.2 Å². The number of likely N-dealkylation sites (N-methyl/N-ethyl adjacent to an activating group) is 1. The molecule has 1 heterocycles. The molecule has 0 spiro atoms. The summed E-state index contributed by atoms with van der Waals surface area (Å²) in [6, 6.07) is 14.0. The lowest BCUT2D eigenvalue weighted by atomic mass is 10.1. The van der Waals surface area contributed by atoms with E-state index in [1.807, 2.05) is 0 Å². The molecule has 2 aromatic carbocycles. The van der Waals surface area contributed by atoms with E-state index in [2.05, 4.69) is 26.6 Å². The molecule has 0 bridgehead atoms. The molecule has 3 rings (SSSR count). The van der Waals surface area contributed by atoms with Crippen molar-refractivity contribution in [2.45, 2.75) is 12.5 Å². The van der Waals surface area contributed by atoms with E-state index < -0.39 is 6.10 Å². The predicted octanol–water partition coefficient (Wildman–Crippen LogP) is 2.11. The molecule has 0 fully saturated rings. The molecule has 28 heavy (non-hydrogen) atoms. The molecule has 7 nitrogen and oxygen atoms in total. The highest BCUT2D eigenvalue weighted by atomic mass is 79.9. The summed E-state index contributed by atoms with van der Waals surface area (Å²) in [7, 11) is 1.52. The van der Waals surface area contributed by atoms with Crippen molar-refractivity contribution in [2.24, 2.45) is 0 Å². The Morgan fingerprint density at radius 1 is 1.14 bits per heavy atom. The van der Waals surface area contributed by atoms with Crippen molar-refractivity contribution in [1.29, 1.82) is 0 Å². The lowest BCUT2D eigenvalue weighted by molar-refractivity contribution is -0.127. The van der Waals surface area contributed by atoms with Gasteiger partial charge >= 0.3 is 0 Å². The molecule has 0 saturated heterocycles. The Morgan fingerprint density at radius 3 is 2.57 bits per heavy atom. The van der Waals surface area contributed by atoms with E-state index in [1.165, 1.54) is 11.9 Å². The van der Waals surface area contributed by atoms with Gasteiger partial charge in [-0.25, -0.2) is 0 Å². The molecular weight excluding hydrogens is 426 g/mol. The average molecular weight is 446 g/mol. The third kappa shape index (κ3) is 4.51. The monoisotopic (exact) mass is 445 g/mol. The Morgan fingerprint density at radius 2 is 1.86 bits per heavy atom. The van der Waals surface area contributed by atoms with Gasteiger partial charge in [-0.2, -0.15) is 0 Å². The van der Waals surface area contributed by atoms with Gasteiger partial charge in [0.25, 0.3) is 11.8 Å². The number of nitrogens with zero attached hydrogens (tertiary/aromatic N) is 1. The van der Waals surface area contributed by atoms with Crippen LogP contribution in [0.15, 0.2) is 53.0 Å². The topological polar surface area (TPSA) is 87.7 Å². The van der Waals surface area contributed by atoms with Crippen molar-refractivity contribution in [3.05, 3.63) is 58.6 Å². The fourth-order valence-electron chi connectivity index (χ4n) is 2.89. The number of rotatable bonds is 5. The molecular formula is C20H20BrN3O4. The smallest absolute Gasteiger partial charge is 0.262 e. The van der Waals surface area contributed by atoms with E-state index in [4.69, 9.17) is 4.74 Å². The molecule has 8 heteroatoms. The zero-order valence-electron chi connectivity index (χ0n) is 15.3. The summed E-state index contributed by atoms with van der Waals surface area (Å²) < 4.78 is 6.58. The molecule has 2 N–H and O–H groups in total. The molecule has 1 aliphatic heterocycles. The standard InChI is InChI=1S/C20H20BrN3O4/c1-22-20(27)17-12-24(15-4-2-3-5-16(15)28-17)18(25)10-11-23-19(26)13-6-8-14(21)9-7-13/h2-9,17H,10-12H2,1H3,(H,22,27)(H,23,26). The quantitative estimate of drug-likeness (QED) is 0.737. The second-order valence-corrected chi connectivity index (χ2v) is 7.12. The third-order valence-electron chi connectivity index (χ3n) is 4.34. The SMILES string of the molecule is CNC(=O)C1CN(C(=O)CCNC(=O)c2ccc(Br)cc2)c2ccccc2O1. The molecule has 0 saturated carbocycles. The first-order valence-corrected chi connectivity index (χ1v) is 9.60. The maximum atomic E-state index is 12.8. The minimum absolute atomic E-state index is 0.108. The van der Waals surface area contributed by atoms with Gasteiger partial charge < -0.3 is 20.3 Å². The molecule has 1 aliphatic rings. The maximum absolute atomic E-state index is 12.8. The van der Waals surface area contributed by atoms with Crippen molar-refractivity contribution in [3.63, 3.8) is 0 Å². The fourth-order valence-corrected chi connectivity index (χ4v) is 3.15. The summed E-state index contributed by atoms with van der Waals surface area (Å²) in [6.07, 6.45) is -0.668. The number of halogens is 1. The highest BCUT2D eigenvalue weighted by Gasteiger charge is 2.33. The van der Waals surface area contributed by atoms with E-state index in [-0.39, 0.29) is 37.2 Å². The van der Waals surface area contributed by atoms with Crippen LogP contribution < -0.4 is 20.3 Å². The number of benzene rings is 2. The average Bonchev–Trinajstić information content (AvgIpc) is 2.72. The molecule has 1 unspecified atom stereocenters. The van der Waals surface area contributed by atoms with Gasteiger partial charge in [0.1, 0.15) is 5.75 Å². The molecule has 1 atom stereocenters. The molecule has 0 aliphatic carbocycles. The van der Waals surface area contributed by atoms with Gasteiger partial charge in [0.2, 0.25) is 5.91 Å². The zero-order chi connectivity index (χ0) is 20.1. The minimum atomic E-state index is -0.777. The van der Waals surface area contributed by atoms with Crippen LogP contribution >= 0.6 is 15.9 Å². The Balaban J connectivity index is 1.63. The van der Waals surface area contributed by atoms with Gasteiger partial charge in [-0.3, -0.25) is 14.4 Å². The summed E-state index contributed by atoms with van der Waals surface area (Å²) in [6.45, 7) is 0.314. The normalized spacial score (nSPS) is 15.2. The number of carbonyl (C=O) groups is 3. The molecule has 0 aromatic heterocycles. The lowest BCUT2D eigenvalue weighted by Crippen LogP contribution is -2.50. The number of para-hydroxylation sites is 2. The summed E-state index contributed by atoms with van der Waals surface area (Å²) in [5.74, 6) is -0.253. The predicted molar refractivity (Wildman–Crippen MR) is 108 cm³/mol. The number of ether oxygens (including phenoxy) is 1. The first-order chi connectivity index (χ1) is 13.5. The van der Waals surface area contributed by atoms with Crippen LogP contribution in [0, 0.1) is 0 Å². The second kappa shape index (κ2) is 8.88. The molecule has 146 valence electrons. The number of fused-ring (bicyclic) bond motifs is 1. The molecule has 3 amide bonds. The number of anilines is 1. The van der Waals surface area contributed by atoms with E-state index in [1.54, 1.807) is 48.5 Å². The first kappa shape index (κ1) is 19.9. The highest BCUT2D eigenvalue weighted by Crippen LogP contribution is 2.33. The van der Waals surface area contributed by atoms with Crippen molar-refractivity contribution in [2.75, 3.05) is 25.0 Å². The zero-order valence-corrected chi connectivity index (χ0v) is 16.9. The van der Waals surface area contributed by atoms with Crippen LogP contribution in [0.1, 0.15) is 16.8 Å². The van der Waals surface area contributed by atoms with Gasteiger partial charge in [-0.15, -0.1) is 0 Å². The van der Waals surface area contributed by atoms with Crippen LogP contribution in [0.3, 0.4) is 0 Å². The van der Waals surface area contributed by atoms with E-state index in [9.17, 15) is 14.4 Å². The number of hydrogen-bond acceptors (Lipinski definition) is 4. The first-order valence-electron chi connectivity index (χ1n) is 8.81. The van der Waals surface area contributed by atoms with Crippen molar-refractivity contribution >= 4 is 39.3 Å². The fraction of sp³-hybridized carbons (Fsp3) is 0.250. The van der Waals surface area contributed by atoms with Crippen LogP contribution in [0.25, 0.3) is 0 Å². The number of nitrogens with one attached hydrogen (secondary N) is 2. The van der Waals surface area contributed by atoms with Gasteiger partial charge in [-0.1, -0.05) is 28.1 Å². The number of hydrogen-bond donors (Lipinski definition) is 2. The van der Waals surface area contributed by atoms with Crippen LogP contribution in [-0.2, 0) is 9.59 Å². The number of amides is 3. The van der Waals surface area contributed by atoms with Gasteiger partial charge in [-0.05, 0) is 36.4 Å². The van der Waals surface area contributed by atoms with Crippen LogP contribution in [0.2, 0.25) is 0 Å². The Hall–Kier alpha value is -2.87. The van der Waals surface area contributed by atoms with E-state index in [0.717, 1.165) is 4.47 Å². The van der Waals surface area contributed by atoms with Crippen LogP contribution in [-0.4, -0.2) is 44.0 Å². The maximum Gasteiger partial charge on any atom is 0.262 e. The highest BCUT2D eigenvalue weighted by molar-refractivity contribution is 9.10. The molecule has 2 aromatic rings. The largest absolute Gasteiger partial charge is 0.477 e. The van der Waals surface area contributed by atoms with Crippen molar-refractivity contribution in [3.8, 4) is 5.75 Å². The summed E-state index contributed by atoms with van der Waals surface area (Å²) in [5.41, 5.74) is 1.14. The van der Waals surface area contributed by atoms with E-state index >= 15 is 0 Å². The van der Waals surface area contributed by atoms with Crippen LogP contribution in [0.5, 0.6) is 5.75 Å². The Kier molecular flexibility index (Phi) is 6.30. The Bertz CT molecular complexity index is 885. The third-order valence-corrected chi connectivity index (χ3v) is 4.87. The number of carbonyl (C=O) groups excluding carboxylic acids is 3. The molecule has 0 radical (unpaired) electrons. The summed E-state index contributed by atoms with van der Waals surface area (Å²) in [4.78, 5) is 38.5. The van der Waals surface area contributed by atoms with Crippen LogP contribution in [0.4, 0.5) is 5.69 Å². The van der Waals surface area contributed by atoms with Crippen molar-refractivity contribution in [1.82, 2.24) is 10.6 Å². The lowest BCUT2D eigenvalue weighted by Gasteiger charge is -2.34. The summed E-state index contributed by atoms with van der Waals surface area (Å²) >= 11 is 3.32. The second-order valence-electron chi connectivity index (χ2n) is 6.21. The summed E-state index contributed by atoms with van der Waals surface area (Å²) in [5, 5.41) is 5.29. The van der Waals surface area contributed by atoms with E-state index in [0.29, 0.717) is 17.0 Å². The van der Waals surface area contributed by atoms with Gasteiger partial charge in [0.15, 0.2) is 6.10 Å². The Labute approximate surface area is 171 Å². The minimum Gasteiger partial charge on any atom is -0.477 e. The van der Waals surface area contributed by atoms with Crippen molar-refractivity contribution < 1.29 is 19.1 Å². The van der Waals surface area contributed by atoms with Gasteiger partial charge in [0, 0.05) is 30.0 Å².